The third-order valence-corrected chi connectivity index (χ3v) is 8.62. The van der Waals surface area contributed by atoms with Gasteiger partial charge in [0, 0.05) is 36.7 Å². The monoisotopic (exact) mass is 547 g/mol. The third kappa shape index (κ3) is 4.29. The molecular weight excluding hydrogens is 518 g/mol. The molecule has 0 amide bonds. The fraction of sp³-hybridized carbons (Fsp3) is 0.519. The van der Waals surface area contributed by atoms with Gasteiger partial charge in [0.25, 0.3) is 5.92 Å². The number of aromatic nitrogens is 4. The highest BCUT2D eigenvalue weighted by Gasteiger charge is 2.82. The molecule has 1 unspecified atom stereocenters. The Kier molecular flexibility index (Phi) is 6.39. The molecule has 7 rings (SSSR count). The lowest BCUT2D eigenvalue weighted by molar-refractivity contribution is -0.347. The smallest absolute Gasteiger partial charge is 0.287 e. The van der Waals surface area contributed by atoms with Gasteiger partial charge in [-0.15, -0.1) is 5.10 Å². The number of hydrogen-bond acceptors (Lipinski definition) is 7. The Bertz CT molecular complexity index is 1300. The first-order chi connectivity index (χ1) is 18.7. The van der Waals surface area contributed by atoms with E-state index in [1.165, 1.54) is 0 Å². The lowest BCUT2D eigenvalue weighted by Gasteiger charge is -2.74. The fourth-order valence-corrected chi connectivity index (χ4v) is 6.55. The Balaban J connectivity index is 1.16. The van der Waals surface area contributed by atoms with Crippen LogP contribution in [0.4, 0.5) is 17.6 Å². The maximum atomic E-state index is 16.3. The summed E-state index contributed by atoms with van der Waals surface area (Å²) in [6.45, 7) is 3.78. The quantitative estimate of drug-likeness (QED) is 0.390. The lowest BCUT2D eigenvalue weighted by atomic mass is 9.30. The molecule has 3 aromatic rings. The molecular formula is C27H29F4N5O3. The summed E-state index contributed by atoms with van der Waals surface area (Å²) in [5.74, 6) is -5.23. The van der Waals surface area contributed by atoms with Crippen LogP contribution in [0, 0.1) is 17.0 Å². The molecule has 2 aromatic carbocycles. The van der Waals surface area contributed by atoms with Gasteiger partial charge in [-0.2, -0.15) is 0 Å². The molecule has 2 bridgehead atoms. The molecule has 0 radical (unpaired) electrons. The Morgan fingerprint density at radius 2 is 1.74 bits per heavy atom. The summed E-state index contributed by atoms with van der Waals surface area (Å²) in [5.41, 5.74) is -4.73. The van der Waals surface area contributed by atoms with E-state index in [9.17, 15) is 13.9 Å². The second-order valence-electron chi connectivity index (χ2n) is 11.0. The largest absolute Gasteiger partial charge is 0.492 e. The van der Waals surface area contributed by atoms with Crippen LogP contribution in [0.3, 0.4) is 0 Å². The molecule has 8 nitrogen and oxygen atoms in total. The van der Waals surface area contributed by atoms with Gasteiger partial charge in [0.15, 0.2) is 5.60 Å². The summed E-state index contributed by atoms with van der Waals surface area (Å²) in [5, 5.41) is 21.9. The van der Waals surface area contributed by atoms with Crippen molar-refractivity contribution in [3.05, 3.63) is 71.6 Å². The molecule has 1 N–H and O–H groups in total. The van der Waals surface area contributed by atoms with Gasteiger partial charge in [0.05, 0.1) is 19.8 Å². The summed E-state index contributed by atoms with van der Waals surface area (Å²) in [6, 6.07) is 9.71. The minimum absolute atomic E-state index is 0.130. The van der Waals surface area contributed by atoms with Gasteiger partial charge in [-0.1, -0.05) is 12.1 Å². The molecule has 39 heavy (non-hydrogen) atoms. The number of halogens is 4. The third-order valence-electron chi connectivity index (χ3n) is 8.62. The van der Waals surface area contributed by atoms with Crippen molar-refractivity contribution < 1.29 is 32.1 Å². The van der Waals surface area contributed by atoms with E-state index in [2.05, 4.69) is 20.4 Å². The molecule has 12 heteroatoms. The number of ether oxygens (including phenoxy) is 2. The second kappa shape index (κ2) is 9.53. The summed E-state index contributed by atoms with van der Waals surface area (Å²) >= 11 is 0. The van der Waals surface area contributed by atoms with Gasteiger partial charge in [0.2, 0.25) is 0 Å². The average Bonchev–Trinajstić information content (AvgIpc) is 3.36. The Hall–Kier alpha value is -3.09. The molecule has 2 heterocycles. The summed E-state index contributed by atoms with van der Waals surface area (Å²) in [4.78, 5) is 2.28. The summed E-state index contributed by atoms with van der Waals surface area (Å²) < 4.78 is 73.1. The van der Waals surface area contributed by atoms with E-state index >= 15 is 8.78 Å². The van der Waals surface area contributed by atoms with Gasteiger partial charge in [-0.25, -0.2) is 22.2 Å². The summed E-state index contributed by atoms with van der Waals surface area (Å²) in [7, 11) is 0. The van der Waals surface area contributed by atoms with Gasteiger partial charge < -0.3 is 14.6 Å². The van der Waals surface area contributed by atoms with Crippen LogP contribution in [0.15, 0.2) is 48.8 Å². The van der Waals surface area contributed by atoms with Crippen LogP contribution >= 0.6 is 0 Å². The predicted molar refractivity (Wildman–Crippen MR) is 130 cm³/mol. The molecule has 1 aliphatic heterocycles. The van der Waals surface area contributed by atoms with E-state index in [-0.39, 0.29) is 19.3 Å². The molecule has 1 aromatic heterocycles. The zero-order valence-corrected chi connectivity index (χ0v) is 21.2. The van der Waals surface area contributed by atoms with Crippen molar-refractivity contribution >= 4 is 0 Å². The minimum atomic E-state index is -3.76. The number of aliphatic hydroxyl groups is 1. The Morgan fingerprint density at radius 1 is 1.03 bits per heavy atom. The molecule has 1 saturated heterocycles. The molecule has 3 aliphatic carbocycles. The van der Waals surface area contributed by atoms with E-state index in [0.717, 1.165) is 61.6 Å². The average molecular weight is 548 g/mol. The second-order valence-corrected chi connectivity index (χ2v) is 11.0. The number of morpholine rings is 1. The molecule has 3 saturated carbocycles. The minimum Gasteiger partial charge on any atom is -0.492 e. The number of rotatable bonds is 10. The standard InChI is InChI=1S/C27H29F4N5O3/c28-20-3-6-22(23(29)13-20)26(37,17-36-18-32-33-34-36)27(30,31)25-14-24(15-25,16-25)19-1-4-21(5-2-19)39-12-9-35-7-10-38-11-8-35/h1-6,13,18,37H,7-12,14-17H2. The van der Waals surface area contributed by atoms with Gasteiger partial charge in [-0.05, 0) is 64.9 Å². The maximum Gasteiger partial charge on any atom is 0.287 e. The number of nitrogens with zero attached hydrogens (tertiary/aromatic N) is 5. The van der Waals surface area contributed by atoms with E-state index < -0.39 is 46.1 Å². The lowest BCUT2D eigenvalue weighted by Crippen LogP contribution is -2.76. The molecule has 4 fully saturated rings. The van der Waals surface area contributed by atoms with Crippen molar-refractivity contribution in [2.45, 2.75) is 42.7 Å². The fourth-order valence-electron chi connectivity index (χ4n) is 6.55. The maximum absolute atomic E-state index is 16.3. The first-order valence-electron chi connectivity index (χ1n) is 13.0. The zero-order chi connectivity index (χ0) is 27.3. The van der Waals surface area contributed by atoms with E-state index in [1.54, 1.807) is 0 Å². The highest BCUT2D eigenvalue weighted by molar-refractivity contribution is 5.44. The van der Waals surface area contributed by atoms with E-state index in [4.69, 9.17) is 9.47 Å². The number of alkyl halides is 2. The van der Waals surface area contributed by atoms with Crippen LogP contribution in [-0.2, 0) is 22.3 Å². The Labute approximate surface area is 222 Å². The van der Waals surface area contributed by atoms with Crippen molar-refractivity contribution in [3.8, 4) is 5.75 Å². The normalized spacial score (nSPS) is 26.4. The van der Waals surface area contributed by atoms with Crippen molar-refractivity contribution in [1.82, 2.24) is 25.1 Å². The summed E-state index contributed by atoms with van der Waals surface area (Å²) in [6.07, 6.45) is 1.46. The SMILES string of the molecule is OC(Cn1cnnn1)(c1ccc(F)cc1F)C(F)(F)C12CC(c3ccc(OCCN4CCOCC4)cc3)(C1)C2. The predicted octanol–water partition coefficient (Wildman–Crippen LogP) is 3.31. The number of hydrogen-bond donors (Lipinski definition) is 1. The highest BCUT2D eigenvalue weighted by Crippen LogP contribution is 2.80. The molecule has 208 valence electrons. The molecule has 4 aliphatic rings. The van der Waals surface area contributed by atoms with Crippen LogP contribution in [-0.4, -0.2) is 75.6 Å². The van der Waals surface area contributed by atoms with Crippen molar-refractivity contribution in [2.24, 2.45) is 5.41 Å². The van der Waals surface area contributed by atoms with Crippen molar-refractivity contribution in [3.63, 3.8) is 0 Å². The van der Waals surface area contributed by atoms with Crippen molar-refractivity contribution in [1.29, 1.82) is 0 Å². The number of benzene rings is 2. The van der Waals surface area contributed by atoms with Crippen LogP contribution in [0.1, 0.15) is 30.4 Å². The molecule has 0 spiro atoms. The Morgan fingerprint density at radius 3 is 2.38 bits per heavy atom. The topological polar surface area (TPSA) is 85.5 Å². The highest BCUT2D eigenvalue weighted by atomic mass is 19.3. The van der Waals surface area contributed by atoms with Gasteiger partial charge in [0.1, 0.15) is 30.3 Å². The first kappa shape index (κ1) is 26.1. The molecule has 1 atom stereocenters. The zero-order valence-electron chi connectivity index (χ0n) is 21.2. The van der Waals surface area contributed by atoms with Crippen LogP contribution in [0.5, 0.6) is 5.75 Å². The van der Waals surface area contributed by atoms with Gasteiger partial charge >= 0.3 is 0 Å². The van der Waals surface area contributed by atoms with Crippen molar-refractivity contribution in [2.75, 3.05) is 39.5 Å². The van der Waals surface area contributed by atoms with Crippen LogP contribution in [0.25, 0.3) is 0 Å². The van der Waals surface area contributed by atoms with Gasteiger partial charge in [-0.3, -0.25) is 4.90 Å². The van der Waals surface area contributed by atoms with E-state index in [0.29, 0.717) is 18.4 Å². The van der Waals surface area contributed by atoms with E-state index in [1.807, 2.05) is 24.3 Å². The first-order valence-corrected chi connectivity index (χ1v) is 13.0. The van der Waals surface area contributed by atoms with Crippen LogP contribution in [0.2, 0.25) is 0 Å². The number of tetrazole rings is 1. The van der Waals surface area contributed by atoms with Crippen LogP contribution < -0.4 is 4.74 Å².